The molecule has 1 fully saturated rings. The summed E-state index contributed by atoms with van der Waals surface area (Å²) in [5.41, 5.74) is 0. The summed E-state index contributed by atoms with van der Waals surface area (Å²) in [6, 6.07) is 7.64. The Morgan fingerprint density at radius 1 is 0.950 bits per heavy atom. The molecule has 0 amide bonds. The van der Waals surface area contributed by atoms with Gasteiger partial charge in [0.05, 0.1) is 26.4 Å². The lowest BCUT2D eigenvalue weighted by atomic mass is 10.3. The molecule has 0 unspecified atom stereocenters. The van der Waals surface area contributed by atoms with Crippen molar-refractivity contribution in [1.29, 1.82) is 10.8 Å². The van der Waals surface area contributed by atoms with Gasteiger partial charge < -0.3 is 19.5 Å². The van der Waals surface area contributed by atoms with Crippen LogP contribution in [0.5, 0.6) is 11.5 Å². The quantitative estimate of drug-likeness (QED) is 0.851. The second kappa shape index (κ2) is 13.6. The highest BCUT2D eigenvalue weighted by Gasteiger charge is 1.93. The highest BCUT2D eigenvalue weighted by molar-refractivity contribution is 5.31. The van der Waals surface area contributed by atoms with Gasteiger partial charge >= 0.3 is 0 Å². The first-order valence-corrected chi connectivity index (χ1v) is 6.71. The average molecular weight is 281 g/mol. The molecule has 0 atom stereocenters. The van der Waals surface area contributed by atoms with E-state index < -0.39 is 0 Å². The largest absolute Gasteiger partial charge is 0.494 e. The molecule has 112 valence electrons. The highest BCUT2D eigenvalue weighted by atomic mass is 16.5. The number of morpholine rings is 1. The van der Waals surface area contributed by atoms with Gasteiger partial charge in [0.2, 0.25) is 0 Å². The number of rotatable bonds is 4. The Morgan fingerprint density at radius 3 is 1.55 bits per heavy atom. The Morgan fingerprint density at radius 2 is 1.35 bits per heavy atom. The van der Waals surface area contributed by atoms with Gasteiger partial charge in [0.25, 0.3) is 0 Å². The van der Waals surface area contributed by atoms with Crippen LogP contribution in [0, 0.1) is 10.8 Å². The van der Waals surface area contributed by atoms with E-state index in [1.807, 2.05) is 38.1 Å². The summed E-state index contributed by atoms with van der Waals surface area (Å²) in [6.45, 7) is 9.18. The Balaban J connectivity index is 0.000000377. The molecule has 1 aromatic rings. The molecule has 1 saturated heterocycles. The molecule has 0 saturated carbocycles. The fraction of sp³-hybridized carbons (Fsp3) is 0.571. The number of nitrogens with one attached hydrogen (secondary N) is 1. The summed E-state index contributed by atoms with van der Waals surface area (Å²) in [6.07, 6.45) is 0. The molecule has 2 rings (SSSR count). The minimum Gasteiger partial charge on any atom is -0.494 e. The lowest BCUT2D eigenvalue weighted by molar-refractivity contribution is 0.109. The third-order valence-electron chi connectivity index (χ3n) is 2.29. The summed E-state index contributed by atoms with van der Waals surface area (Å²) in [4.78, 5) is 0. The lowest BCUT2D eigenvalue weighted by Crippen LogP contribution is -2.30. The van der Waals surface area contributed by atoms with E-state index in [2.05, 4.69) is 5.32 Å². The summed E-state index contributed by atoms with van der Waals surface area (Å²) in [5, 5.41) is 15.2. The summed E-state index contributed by atoms with van der Waals surface area (Å²) < 4.78 is 15.6. The summed E-state index contributed by atoms with van der Waals surface area (Å²) in [7, 11) is 0. The fourth-order valence-corrected chi connectivity index (χ4v) is 1.48. The van der Waals surface area contributed by atoms with Crippen molar-refractivity contribution in [3.05, 3.63) is 24.3 Å². The zero-order valence-electron chi connectivity index (χ0n) is 12.2. The number of hydrogen-bond donors (Lipinski definition) is 1. The molecule has 1 aromatic carbocycles. The van der Waals surface area contributed by atoms with Crippen LogP contribution < -0.4 is 14.8 Å². The molecule has 0 spiro atoms. The molecule has 0 radical (unpaired) electrons. The minimum atomic E-state index is 0.702. The van der Waals surface area contributed by atoms with Crippen LogP contribution in [-0.2, 0) is 4.74 Å². The van der Waals surface area contributed by atoms with Crippen molar-refractivity contribution < 1.29 is 14.2 Å². The second-order valence-electron chi connectivity index (χ2n) is 3.70. The standard InChI is InChI=1S/C10H14O2.C4H9NO.N2/c1-3-11-9-5-7-10(8-6-9)12-4-2;1-3-6-4-2-5-1;1-2/h5-8H,3-4H2,1-2H3;5H,1-4H2;. The third-order valence-corrected chi connectivity index (χ3v) is 2.29. The van der Waals surface area contributed by atoms with Gasteiger partial charge in [-0.2, -0.15) is 0 Å². The van der Waals surface area contributed by atoms with Crippen LogP contribution in [0.25, 0.3) is 0 Å². The first-order chi connectivity index (χ1) is 9.86. The zero-order valence-corrected chi connectivity index (χ0v) is 12.2. The number of benzene rings is 1. The summed E-state index contributed by atoms with van der Waals surface area (Å²) in [5.74, 6) is 1.78. The fourth-order valence-electron chi connectivity index (χ4n) is 1.48. The van der Waals surface area contributed by atoms with E-state index in [0.29, 0.717) is 13.2 Å². The van der Waals surface area contributed by atoms with Crippen molar-refractivity contribution in [3.63, 3.8) is 0 Å². The maximum Gasteiger partial charge on any atom is 0.119 e. The van der Waals surface area contributed by atoms with Crippen molar-refractivity contribution in [1.82, 2.24) is 5.32 Å². The molecule has 6 nitrogen and oxygen atoms in total. The molecule has 6 heteroatoms. The molecule has 1 heterocycles. The maximum atomic E-state index is 6.00. The molecule has 0 bridgehead atoms. The second-order valence-corrected chi connectivity index (χ2v) is 3.70. The minimum absolute atomic E-state index is 0.702. The van der Waals surface area contributed by atoms with Gasteiger partial charge in [-0.05, 0) is 38.1 Å². The van der Waals surface area contributed by atoms with Crippen LogP contribution >= 0.6 is 0 Å². The number of ether oxygens (including phenoxy) is 3. The van der Waals surface area contributed by atoms with Crippen LogP contribution in [-0.4, -0.2) is 39.5 Å². The topological polar surface area (TPSA) is 87.3 Å². The molecule has 20 heavy (non-hydrogen) atoms. The normalized spacial score (nSPS) is 13.0. The lowest BCUT2D eigenvalue weighted by Gasteiger charge is -2.10. The Bertz CT molecular complexity index is 301. The van der Waals surface area contributed by atoms with E-state index in [-0.39, 0.29) is 0 Å². The van der Waals surface area contributed by atoms with Gasteiger partial charge in [-0.3, -0.25) is 0 Å². The third kappa shape index (κ3) is 9.14. The molecule has 0 aliphatic carbocycles. The molecule has 1 aliphatic rings. The van der Waals surface area contributed by atoms with E-state index >= 15 is 0 Å². The van der Waals surface area contributed by atoms with Crippen molar-refractivity contribution in [2.24, 2.45) is 0 Å². The van der Waals surface area contributed by atoms with E-state index in [4.69, 9.17) is 25.0 Å². The molecular formula is C14H23N3O3. The number of hydrogen-bond acceptors (Lipinski definition) is 6. The van der Waals surface area contributed by atoms with Crippen LogP contribution in [0.15, 0.2) is 24.3 Å². The van der Waals surface area contributed by atoms with E-state index in [9.17, 15) is 0 Å². The van der Waals surface area contributed by atoms with E-state index in [0.717, 1.165) is 37.8 Å². The summed E-state index contributed by atoms with van der Waals surface area (Å²) >= 11 is 0. The first-order valence-electron chi connectivity index (χ1n) is 6.71. The van der Waals surface area contributed by atoms with Gasteiger partial charge in [0.15, 0.2) is 0 Å². The SMILES string of the molecule is C1COCCN1.CCOc1ccc(OCC)cc1.N#N. The van der Waals surface area contributed by atoms with Crippen LogP contribution in [0.4, 0.5) is 0 Å². The van der Waals surface area contributed by atoms with Gasteiger partial charge in [0, 0.05) is 23.9 Å². The van der Waals surface area contributed by atoms with Crippen molar-refractivity contribution in [2.45, 2.75) is 13.8 Å². The predicted octanol–water partition coefficient (Wildman–Crippen LogP) is 2.12. The van der Waals surface area contributed by atoms with Crippen LogP contribution in [0.3, 0.4) is 0 Å². The van der Waals surface area contributed by atoms with E-state index in [1.165, 1.54) is 0 Å². The molecule has 1 N–H and O–H groups in total. The van der Waals surface area contributed by atoms with E-state index in [1.54, 1.807) is 0 Å². The van der Waals surface area contributed by atoms with Crippen molar-refractivity contribution in [3.8, 4) is 11.5 Å². The molecular weight excluding hydrogens is 258 g/mol. The van der Waals surface area contributed by atoms with Crippen molar-refractivity contribution in [2.75, 3.05) is 39.5 Å². The molecule has 0 aromatic heterocycles. The monoisotopic (exact) mass is 281 g/mol. The van der Waals surface area contributed by atoms with Crippen LogP contribution in [0.2, 0.25) is 0 Å². The number of nitrogens with zero attached hydrogens (tertiary/aromatic N) is 2. The van der Waals surface area contributed by atoms with Gasteiger partial charge in [-0.15, -0.1) is 0 Å². The first kappa shape index (κ1) is 18.2. The Hall–Kier alpha value is -1.84. The maximum absolute atomic E-state index is 6.00. The Kier molecular flexibility index (Phi) is 12.3. The highest BCUT2D eigenvalue weighted by Crippen LogP contribution is 2.17. The van der Waals surface area contributed by atoms with Crippen molar-refractivity contribution >= 4 is 0 Å². The predicted molar refractivity (Wildman–Crippen MR) is 75.9 cm³/mol. The van der Waals surface area contributed by atoms with Gasteiger partial charge in [-0.25, -0.2) is 0 Å². The van der Waals surface area contributed by atoms with Gasteiger partial charge in [-0.1, -0.05) is 0 Å². The smallest absolute Gasteiger partial charge is 0.119 e. The average Bonchev–Trinajstić information content (AvgIpc) is 2.54. The van der Waals surface area contributed by atoms with Crippen LogP contribution in [0.1, 0.15) is 13.8 Å². The zero-order chi connectivity index (χ0) is 15.1. The van der Waals surface area contributed by atoms with Gasteiger partial charge in [0.1, 0.15) is 11.5 Å². The Labute approximate surface area is 120 Å². The molecule has 1 aliphatic heterocycles.